The average molecular weight is 213 g/mol. The predicted octanol–water partition coefficient (Wildman–Crippen LogP) is 3.04. The lowest BCUT2D eigenvalue weighted by Gasteiger charge is -2.10. The third-order valence-corrected chi connectivity index (χ3v) is 2.49. The van der Waals surface area contributed by atoms with Crippen molar-refractivity contribution < 1.29 is 9.53 Å². The van der Waals surface area contributed by atoms with E-state index in [1.54, 1.807) is 7.11 Å². The summed E-state index contributed by atoms with van der Waals surface area (Å²) < 4.78 is 5.04. The fraction of sp³-hybridized carbons (Fsp3) is 0.364. The van der Waals surface area contributed by atoms with Crippen molar-refractivity contribution in [2.75, 3.05) is 7.11 Å². The molecule has 1 unspecified atom stereocenters. The van der Waals surface area contributed by atoms with Crippen LogP contribution in [0, 0.1) is 0 Å². The van der Waals surface area contributed by atoms with Crippen molar-refractivity contribution in [3.05, 3.63) is 28.8 Å². The highest BCUT2D eigenvalue weighted by Gasteiger charge is 2.07. The summed E-state index contributed by atoms with van der Waals surface area (Å²) in [6.45, 7) is 1.99. The van der Waals surface area contributed by atoms with Crippen LogP contribution in [-0.2, 0) is 4.79 Å². The third kappa shape index (κ3) is 2.48. The molecule has 0 heterocycles. The van der Waals surface area contributed by atoms with E-state index in [0.29, 0.717) is 17.2 Å². The molecular weight excluding hydrogens is 200 g/mol. The molecule has 1 rings (SSSR count). The van der Waals surface area contributed by atoms with Gasteiger partial charge in [-0.3, -0.25) is 0 Å². The summed E-state index contributed by atoms with van der Waals surface area (Å²) in [5, 5.41) is 0.586. The van der Waals surface area contributed by atoms with Gasteiger partial charge in [0.1, 0.15) is 12.0 Å². The predicted molar refractivity (Wildman–Crippen MR) is 57.1 cm³/mol. The van der Waals surface area contributed by atoms with Crippen LogP contribution in [0.4, 0.5) is 0 Å². The molecule has 0 spiro atoms. The van der Waals surface area contributed by atoms with E-state index in [0.717, 1.165) is 11.8 Å². The van der Waals surface area contributed by atoms with E-state index < -0.39 is 0 Å². The Bertz CT molecular complexity index is 323. The highest BCUT2D eigenvalue weighted by atomic mass is 35.5. The maximum Gasteiger partial charge on any atom is 0.137 e. The summed E-state index contributed by atoms with van der Waals surface area (Å²) in [5.74, 6) is 0.865. The molecule has 0 amide bonds. The van der Waals surface area contributed by atoms with Crippen LogP contribution >= 0.6 is 11.6 Å². The Morgan fingerprint density at radius 2 is 2.29 bits per heavy atom. The lowest BCUT2D eigenvalue weighted by Crippen LogP contribution is -1.95. The zero-order valence-electron chi connectivity index (χ0n) is 8.29. The summed E-state index contributed by atoms with van der Waals surface area (Å²) in [6, 6.07) is 5.59. The van der Waals surface area contributed by atoms with Crippen LogP contribution in [0.2, 0.25) is 5.02 Å². The van der Waals surface area contributed by atoms with Crippen molar-refractivity contribution >= 4 is 17.9 Å². The number of halogens is 1. The summed E-state index contributed by atoms with van der Waals surface area (Å²) in [4.78, 5) is 10.3. The van der Waals surface area contributed by atoms with E-state index in [4.69, 9.17) is 16.3 Å². The number of rotatable bonds is 4. The highest BCUT2D eigenvalue weighted by Crippen LogP contribution is 2.28. The topological polar surface area (TPSA) is 26.3 Å². The lowest BCUT2D eigenvalue weighted by molar-refractivity contribution is -0.108. The van der Waals surface area contributed by atoms with Gasteiger partial charge in [-0.25, -0.2) is 0 Å². The molecule has 1 atom stereocenters. The first-order valence-corrected chi connectivity index (χ1v) is 4.84. The molecule has 0 saturated carbocycles. The normalized spacial score (nSPS) is 12.2. The number of hydrogen-bond donors (Lipinski definition) is 0. The first kappa shape index (κ1) is 11.1. The molecule has 2 nitrogen and oxygen atoms in total. The minimum atomic E-state index is 0.205. The molecule has 3 heteroatoms. The van der Waals surface area contributed by atoms with Crippen molar-refractivity contribution in [3.63, 3.8) is 0 Å². The van der Waals surface area contributed by atoms with Gasteiger partial charge in [0.05, 0.1) is 12.1 Å². The Morgan fingerprint density at radius 3 is 2.79 bits per heavy atom. The van der Waals surface area contributed by atoms with E-state index in [9.17, 15) is 4.79 Å². The zero-order chi connectivity index (χ0) is 10.6. The molecule has 0 aliphatic rings. The summed E-state index contributed by atoms with van der Waals surface area (Å²) >= 11 is 5.96. The molecule has 0 saturated heterocycles. The molecule has 0 N–H and O–H groups in total. The number of benzene rings is 1. The first-order chi connectivity index (χ1) is 6.69. The summed E-state index contributed by atoms with van der Waals surface area (Å²) in [5.41, 5.74) is 1.06. The van der Waals surface area contributed by atoms with Gasteiger partial charge in [-0.05, 0) is 23.6 Å². The number of methoxy groups -OCH3 is 1. The van der Waals surface area contributed by atoms with E-state index in [1.807, 2.05) is 25.1 Å². The Kier molecular flexibility index (Phi) is 3.96. The molecule has 76 valence electrons. The SMILES string of the molecule is COc1ccc(C(C)CC=O)cc1Cl. The van der Waals surface area contributed by atoms with Crippen molar-refractivity contribution in [1.29, 1.82) is 0 Å². The Hall–Kier alpha value is -1.02. The van der Waals surface area contributed by atoms with Crippen molar-refractivity contribution in [2.45, 2.75) is 19.3 Å². The van der Waals surface area contributed by atoms with Gasteiger partial charge in [0.25, 0.3) is 0 Å². The summed E-state index contributed by atoms with van der Waals surface area (Å²) in [7, 11) is 1.58. The molecule has 0 aliphatic heterocycles. The van der Waals surface area contributed by atoms with Gasteiger partial charge in [-0.2, -0.15) is 0 Å². The van der Waals surface area contributed by atoms with Crippen molar-refractivity contribution in [2.24, 2.45) is 0 Å². The highest BCUT2D eigenvalue weighted by molar-refractivity contribution is 6.32. The number of aldehydes is 1. The first-order valence-electron chi connectivity index (χ1n) is 4.46. The van der Waals surface area contributed by atoms with Crippen molar-refractivity contribution in [1.82, 2.24) is 0 Å². The fourth-order valence-electron chi connectivity index (χ4n) is 1.27. The largest absolute Gasteiger partial charge is 0.495 e. The van der Waals surface area contributed by atoms with Crippen LogP contribution in [0.25, 0.3) is 0 Å². The van der Waals surface area contributed by atoms with E-state index in [2.05, 4.69) is 0 Å². The quantitative estimate of drug-likeness (QED) is 0.718. The van der Waals surface area contributed by atoms with Crippen LogP contribution in [0.15, 0.2) is 18.2 Å². The van der Waals surface area contributed by atoms with Crippen LogP contribution in [-0.4, -0.2) is 13.4 Å². The number of ether oxygens (including phenoxy) is 1. The second-order valence-corrected chi connectivity index (χ2v) is 3.60. The van der Waals surface area contributed by atoms with Gasteiger partial charge in [-0.1, -0.05) is 24.6 Å². The van der Waals surface area contributed by atoms with Gasteiger partial charge in [0.2, 0.25) is 0 Å². The average Bonchev–Trinajstić information content (AvgIpc) is 2.18. The van der Waals surface area contributed by atoms with Crippen LogP contribution in [0.3, 0.4) is 0 Å². The molecule has 14 heavy (non-hydrogen) atoms. The second-order valence-electron chi connectivity index (χ2n) is 3.20. The van der Waals surface area contributed by atoms with Crippen LogP contribution < -0.4 is 4.74 Å². The van der Waals surface area contributed by atoms with E-state index in [1.165, 1.54) is 0 Å². The maximum atomic E-state index is 10.3. The molecule has 1 aromatic rings. The third-order valence-electron chi connectivity index (χ3n) is 2.19. The standard InChI is InChI=1S/C11H13ClO2/c1-8(5-6-13)9-3-4-11(14-2)10(12)7-9/h3-4,6-8H,5H2,1-2H3. The molecule has 1 aromatic carbocycles. The molecule has 0 fully saturated rings. The van der Waals surface area contributed by atoms with Gasteiger partial charge >= 0.3 is 0 Å². The van der Waals surface area contributed by atoms with Crippen LogP contribution in [0.1, 0.15) is 24.8 Å². The Morgan fingerprint density at radius 1 is 1.57 bits per heavy atom. The maximum absolute atomic E-state index is 10.3. The van der Waals surface area contributed by atoms with E-state index >= 15 is 0 Å². The van der Waals surface area contributed by atoms with Gasteiger partial charge in [0.15, 0.2) is 0 Å². The Labute approximate surface area is 88.8 Å². The lowest BCUT2D eigenvalue weighted by atomic mass is 9.98. The molecule has 0 radical (unpaired) electrons. The summed E-state index contributed by atoms with van der Waals surface area (Å²) in [6.07, 6.45) is 1.44. The number of hydrogen-bond acceptors (Lipinski definition) is 2. The van der Waals surface area contributed by atoms with Gasteiger partial charge in [-0.15, -0.1) is 0 Å². The second kappa shape index (κ2) is 5.01. The molecule has 0 aromatic heterocycles. The van der Waals surface area contributed by atoms with Gasteiger partial charge < -0.3 is 9.53 Å². The number of carbonyl (C=O) groups excluding carboxylic acids is 1. The molecule has 0 bridgehead atoms. The minimum absolute atomic E-state index is 0.205. The van der Waals surface area contributed by atoms with Crippen LogP contribution in [0.5, 0.6) is 5.75 Å². The van der Waals surface area contributed by atoms with Gasteiger partial charge in [0, 0.05) is 6.42 Å². The zero-order valence-corrected chi connectivity index (χ0v) is 9.04. The molecular formula is C11H13ClO2. The Balaban J connectivity index is 2.90. The fourth-order valence-corrected chi connectivity index (χ4v) is 1.54. The minimum Gasteiger partial charge on any atom is -0.495 e. The number of carbonyl (C=O) groups is 1. The van der Waals surface area contributed by atoms with Crippen molar-refractivity contribution in [3.8, 4) is 5.75 Å². The smallest absolute Gasteiger partial charge is 0.137 e. The molecule has 0 aliphatic carbocycles. The monoisotopic (exact) mass is 212 g/mol. The van der Waals surface area contributed by atoms with E-state index in [-0.39, 0.29) is 5.92 Å².